The van der Waals surface area contributed by atoms with Crippen molar-refractivity contribution in [1.29, 1.82) is 0 Å². The smallest absolute Gasteiger partial charge is 0.0163 e. The second-order valence-corrected chi connectivity index (χ2v) is 5.34. The first-order valence-corrected chi connectivity index (χ1v) is 9.04. The minimum absolute atomic E-state index is 1.02. The Balaban J connectivity index is 0.000000521. The maximum atomic E-state index is 2.19. The van der Waals surface area contributed by atoms with Crippen molar-refractivity contribution in [3.8, 4) is 11.1 Å². The van der Waals surface area contributed by atoms with Crippen LogP contribution in [0.3, 0.4) is 0 Å². The normalized spacial score (nSPS) is 12.1. The third-order valence-corrected chi connectivity index (χ3v) is 3.31. The highest BCUT2D eigenvalue weighted by atomic mass is 14.0. The number of benzene rings is 2. The molecule has 0 fully saturated rings. The van der Waals surface area contributed by atoms with Crippen LogP contribution in [0, 0.1) is 0 Å². The van der Waals surface area contributed by atoms with Crippen LogP contribution in [0.5, 0.6) is 0 Å². The number of rotatable bonds is 2. The van der Waals surface area contributed by atoms with Gasteiger partial charge in [-0.05, 0) is 28.7 Å². The average molecular weight is 319 g/mol. The van der Waals surface area contributed by atoms with Gasteiger partial charge in [0.25, 0.3) is 0 Å². The van der Waals surface area contributed by atoms with Gasteiger partial charge in [-0.15, -0.1) is 0 Å². The molecule has 0 radical (unpaired) electrons. The minimum Gasteiger partial charge on any atom is -0.0807 e. The molecule has 0 saturated heterocycles. The summed E-state index contributed by atoms with van der Waals surface area (Å²) >= 11 is 0. The molecule has 126 valence electrons. The maximum Gasteiger partial charge on any atom is -0.0163 e. The molecule has 0 amide bonds. The fraction of sp³-hybridized carbons (Fsp3) is 0.250. The van der Waals surface area contributed by atoms with Crippen molar-refractivity contribution in [2.24, 2.45) is 0 Å². The Hall–Kier alpha value is -2.34. The zero-order chi connectivity index (χ0) is 17.6. The van der Waals surface area contributed by atoms with E-state index < -0.39 is 0 Å². The fourth-order valence-electron chi connectivity index (χ4n) is 2.26. The van der Waals surface area contributed by atoms with Crippen molar-refractivity contribution in [3.63, 3.8) is 0 Å². The molecule has 0 heterocycles. The van der Waals surface area contributed by atoms with Crippen LogP contribution in [0.1, 0.15) is 46.1 Å². The topological polar surface area (TPSA) is 0 Å². The molecule has 0 atom stereocenters. The van der Waals surface area contributed by atoms with Crippen molar-refractivity contribution in [2.75, 3.05) is 0 Å². The van der Waals surface area contributed by atoms with E-state index in [0.717, 1.165) is 6.42 Å². The number of hydrogen-bond acceptors (Lipinski definition) is 0. The van der Waals surface area contributed by atoms with Crippen LogP contribution in [0.25, 0.3) is 16.7 Å². The molecule has 0 N–H and O–H groups in total. The van der Waals surface area contributed by atoms with E-state index in [2.05, 4.69) is 92.8 Å². The summed E-state index contributed by atoms with van der Waals surface area (Å²) in [5.74, 6) is 0. The van der Waals surface area contributed by atoms with E-state index in [4.69, 9.17) is 0 Å². The SMILES string of the molecule is C1=CCC=CC(c2ccc(-c3ccccc3)cc2)=C1.CC.CCC. The Labute approximate surface area is 148 Å². The van der Waals surface area contributed by atoms with Gasteiger partial charge in [0.1, 0.15) is 0 Å². The molecule has 24 heavy (non-hydrogen) atoms. The van der Waals surface area contributed by atoms with Gasteiger partial charge >= 0.3 is 0 Å². The van der Waals surface area contributed by atoms with Gasteiger partial charge < -0.3 is 0 Å². The zero-order valence-electron chi connectivity index (χ0n) is 15.5. The molecule has 0 saturated carbocycles. The van der Waals surface area contributed by atoms with Crippen molar-refractivity contribution >= 4 is 5.57 Å². The first-order chi connectivity index (χ1) is 11.8. The molecule has 0 aliphatic heterocycles. The summed E-state index contributed by atoms with van der Waals surface area (Å²) in [6, 6.07) is 19.2. The van der Waals surface area contributed by atoms with Crippen LogP contribution in [0.4, 0.5) is 0 Å². The van der Waals surface area contributed by atoms with Crippen molar-refractivity contribution in [1.82, 2.24) is 0 Å². The standard InChI is InChI=1S/C19H16.C3H8.C2H6/c1-2-5-9-16(8-4-1)18-12-14-19(15-13-18)17-10-6-3-7-11-17;1-3-2;1-2/h1,3-15H,2H2;3H2,1-2H3;1-2H3. The van der Waals surface area contributed by atoms with Crippen LogP contribution >= 0.6 is 0 Å². The molecule has 1 aliphatic rings. The molecule has 2 aromatic carbocycles. The zero-order valence-corrected chi connectivity index (χ0v) is 15.5. The molecule has 0 bridgehead atoms. The van der Waals surface area contributed by atoms with Crippen LogP contribution in [-0.4, -0.2) is 0 Å². The van der Waals surface area contributed by atoms with Crippen LogP contribution in [-0.2, 0) is 0 Å². The lowest BCUT2D eigenvalue weighted by Crippen LogP contribution is -1.82. The molecular weight excluding hydrogens is 288 g/mol. The minimum atomic E-state index is 1.02. The predicted octanol–water partition coefficient (Wildman–Crippen LogP) is 7.70. The van der Waals surface area contributed by atoms with E-state index in [1.54, 1.807) is 0 Å². The number of hydrogen-bond donors (Lipinski definition) is 0. The largest absolute Gasteiger partial charge is 0.0807 e. The lowest BCUT2D eigenvalue weighted by atomic mass is 10.00. The van der Waals surface area contributed by atoms with Crippen molar-refractivity contribution in [2.45, 2.75) is 40.5 Å². The Morgan fingerprint density at radius 2 is 1.25 bits per heavy atom. The summed E-state index contributed by atoms with van der Waals surface area (Å²) in [5, 5.41) is 0. The van der Waals surface area contributed by atoms with Crippen molar-refractivity contribution < 1.29 is 0 Å². The molecule has 0 spiro atoms. The second-order valence-electron chi connectivity index (χ2n) is 5.34. The molecule has 3 rings (SSSR count). The van der Waals surface area contributed by atoms with Gasteiger partial charge in [0.05, 0.1) is 0 Å². The van der Waals surface area contributed by atoms with E-state index in [1.165, 1.54) is 28.7 Å². The van der Waals surface area contributed by atoms with E-state index in [0.29, 0.717) is 0 Å². The summed E-state index contributed by atoms with van der Waals surface area (Å²) in [4.78, 5) is 0. The summed E-state index contributed by atoms with van der Waals surface area (Å²) in [6.07, 6.45) is 13.1. The molecule has 0 nitrogen and oxygen atoms in total. The lowest BCUT2D eigenvalue weighted by Gasteiger charge is -2.05. The van der Waals surface area contributed by atoms with E-state index >= 15 is 0 Å². The molecule has 1 aliphatic carbocycles. The highest BCUT2D eigenvalue weighted by Crippen LogP contribution is 2.23. The van der Waals surface area contributed by atoms with Gasteiger partial charge in [0.2, 0.25) is 0 Å². The van der Waals surface area contributed by atoms with Crippen molar-refractivity contribution in [3.05, 3.63) is 90.5 Å². The average Bonchev–Trinajstić information content (AvgIpc) is 2.94. The third-order valence-electron chi connectivity index (χ3n) is 3.31. The highest BCUT2D eigenvalue weighted by molar-refractivity contribution is 5.77. The lowest BCUT2D eigenvalue weighted by molar-refractivity contribution is 1.09. The van der Waals surface area contributed by atoms with Crippen LogP contribution in [0.15, 0.2) is 85.0 Å². The quantitative estimate of drug-likeness (QED) is 0.532. The first-order valence-electron chi connectivity index (χ1n) is 9.04. The van der Waals surface area contributed by atoms with Gasteiger partial charge in [-0.3, -0.25) is 0 Å². The van der Waals surface area contributed by atoms with Crippen LogP contribution in [0.2, 0.25) is 0 Å². The monoisotopic (exact) mass is 318 g/mol. The van der Waals surface area contributed by atoms with Gasteiger partial charge in [0.15, 0.2) is 0 Å². The highest BCUT2D eigenvalue weighted by Gasteiger charge is 2.00. The fourth-order valence-corrected chi connectivity index (χ4v) is 2.26. The van der Waals surface area contributed by atoms with Gasteiger partial charge in [0, 0.05) is 0 Å². The summed E-state index contributed by atoms with van der Waals surface area (Å²) in [7, 11) is 0. The molecule has 0 unspecified atom stereocenters. The van der Waals surface area contributed by atoms with E-state index in [1.807, 2.05) is 19.9 Å². The third kappa shape index (κ3) is 6.42. The Kier molecular flexibility index (Phi) is 9.96. The van der Waals surface area contributed by atoms with Gasteiger partial charge in [-0.25, -0.2) is 0 Å². The Bertz CT molecular complexity index is 640. The molecular formula is C24H30. The second kappa shape index (κ2) is 12.1. The van der Waals surface area contributed by atoms with Gasteiger partial charge in [-0.1, -0.05) is 119 Å². The molecule has 0 aromatic heterocycles. The summed E-state index contributed by atoms with van der Waals surface area (Å²) in [6.45, 7) is 8.25. The van der Waals surface area contributed by atoms with E-state index in [-0.39, 0.29) is 0 Å². The van der Waals surface area contributed by atoms with E-state index in [9.17, 15) is 0 Å². The Morgan fingerprint density at radius 1 is 0.708 bits per heavy atom. The summed E-state index contributed by atoms with van der Waals surface area (Å²) in [5.41, 5.74) is 5.06. The first kappa shape index (κ1) is 19.7. The van der Waals surface area contributed by atoms with Gasteiger partial charge in [-0.2, -0.15) is 0 Å². The maximum absolute atomic E-state index is 2.19. The predicted molar refractivity (Wildman–Crippen MR) is 110 cm³/mol. The number of allylic oxidation sites excluding steroid dienone is 6. The summed E-state index contributed by atoms with van der Waals surface area (Å²) < 4.78 is 0. The molecule has 0 heteroatoms. The molecule has 2 aromatic rings. The Morgan fingerprint density at radius 3 is 1.88 bits per heavy atom. The van der Waals surface area contributed by atoms with Crippen LogP contribution < -0.4 is 0 Å².